The van der Waals surface area contributed by atoms with Crippen molar-refractivity contribution < 1.29 is 22.5 Å². The number of anilines is 1. The number of carbonyl (C=O) groups is 1. The summed E-state index contributed by atoms with van der Waals surface area (Å²) in [5.74, 6) is -1.63. The van der Waals surface area contributed by atoms with Crippen molar-refractivity contribution in [3.8, 4) is 0 Å². The number of hydrogen-bond acceptors (Lipinski definition) is 5. The highest BCUT2D eigenvalue weighted by Crippen LogP contribution is 2.22. The van der Waals surface area contributed by atoms with Crippen LogP contribution in [0.25, 0.3) is 0 Å². The van der Waals surface area contributed by atoms with E-state index in [1.165, 1.54) is 30.3 Å². The second-order valence-electron chi connectivity index (χ2n) is 4.90. The number of sulfonamides is 1. The lowest BCUT2D eigenvalue weighted by Gasteiger charge is -2.07. The minimum absolute atomic E-state index is 0.00307. The highest BCUT2D eigenvalue weighted by atomic mass is 32.2. The number of nitrogens with one attached hydrogen (secondary N) is 2. The third-order valence-corrected chi connectivity index (χ3v) is 4.72. The molecular formula is C15H14FN3O5S. The van der Waals surface area contributed by atoms with E-state index >= 15 is 0 Å². The van der Waals surface area contributed by atoms with Gasteiger partial charge in [-0.15, -0.1) is 0 Å². The molecule has 10 heteroatoms. The lowest BCUT2D eigenvalue weighted by molar-refractivity contribution is -0.387. The first kappa shape index (κ1) is 18.5. The maximum atomic E-state index is 13.3. The molecule has 2 rings (SSSR count). The van der Waals surface area contributed by atoms with Gasteiger partial charge in [0.15, 0.2) is 0 Å². The number of hydrogen-bond donors (Lipinski definition) is 2. The second-order valence-corrected chi connectivity index (χ2v) is 6.67. The van der Waals surface area contributed by atoms with E-state index in [2.05, 4.69) is 10.0 Å². The van der Waals surface area contributed by atoms with Crippen LogP contribution in [0.4, 0.5) is 15.8 Å². The average Bonchev–Trinajstić information content (AvgIpc) is 2.56. The van der Waals surface area contributed by atoms with E-state index in [1.54, 1.807) is 6.92 Å². The smallest absolute Gasteiger partial charge is 0.306 e. The lowest BCUT2D eigenvalue weighted by atomic mass is 10.2. The van der Waals surface area contributed by atoms with Crippen molar-refractivity contribution in [3.05, 3.63) is 64.0 Å². The van der Waals surface area contributed by atoms with Gasteiger partial charge in [-0.2, -0.15) is 4.39 Å². The fraction of sp³-hybridized carbons (Fsp3) is 0.133. The molecule has 132 valence electrons. The Balaban J connectivity index is 2.19. The van der Waals surface area contributed by atoms with E-state index in [0.29, 0.717) is 0 Å². The van der Waals surface area contributed by atoms with Crippen LogP contribution in [-0.2, 0) is 10.0 Å². The first-order valence-corrected chi connectivity index (χ1v) is 8.58. The van der Waals surface area contributed by atoms with E-state index < -0.39 is 32.4 Å². The summed E-state index contributed by atoms with van der Waals surface area (Å²) < 4.78 is 39.3. The van der Waals surface area contributed by atoms with Crippen LogP contribution in [0, 0.1) is 15.9 Å². The lowest BCUT2D eigenvalue weighted by Crippen LogP contribution is -2.23. The van der Waals surface area contributed by atoms with Gasteiger partial charge in [0.1, 0.15) is 0 Å². The van der Waals surface area contributed by atoms with Gasteiger partial charge in [0.05, 0.1) is 9.82 Å². The Morgan fingerprint density at radius 3 is 2.40 bits per heavy atom. The molecule has 0 saturated heterocycles. The van der Waals surface area contributed by atoms with Crippen LogP contribution in [0.15, 0.2) is 47.4 Å². The van der Waals surface area contributed by atoms with Crippen LogP contribution < -0.4 is 10.0 Å². The van der Waals surface area contributed by atoms with Gasteiger partial charge < -0.3 is 5.32 Å². The van der Waals surface area contributed by atoms with Gasteiger partial charge in [-0.25, -0.2) is 13.1 Å². The molecule has 8 nitrogen and oxygen atoms in total. The first-order valence-electron chi connectivity index (χ1n) is 7.09. The van der Waals surface area contributed by atoms with Crippen molar-refractivity contribution in [3.63, 3.8) is 0 Å². The third-order valence-electron chi connectivity index (χ3n) is 3.16. The van der Waals surface area contributed by atoms with Crippen molar-refractivity contribution in [1.82, 2.24) is 4.72 Å². The maximum absolute atomic E-state index is 13.3. The second kappa shape index (κ2) is 7.36. The summed E-state index contributed by atoms with van der Waals surface area (Å²) in [6, 6.07) is 8.09. The number of benzene rings is 2. The van der Waals surface area contributed by atoms with Crippen molar-refractivity contribution in [1.29, 1.82) is 0 Å². The van der Waals surface area contributed by atoms with Gasteiger partial charge in [-0.3, -0.25) is 14.9 Å². The Kier molecular flexibility index (Phi) is 5.45. The highest BCUT2D eigenvalue weighted by Gasteiger charge is 2.17. The van der Waals surface area contributed by atoms with Crippen molar-refractivity contribution >= 4 is 27.3 Å². The third kappa shape index (κ3) is 4.37. The molecule has 0 unspecified atom stereocenters. The zero-order valence-electron chi connectivity index (χ0n) is 13.0. The summed E-state index contributed by atoms with van der Waals surface area (Å²) in [6.45, 7) is 1.87. The number of nitrogens with zero attached hydrogens (tertiary/aromatic N) is 1. The van der Waals surface area contributed by atoms with Crippen LogP contribution in [0.1, 0.15) is 17.3 Å². The number of amides is 1. The molecule has 2 aromatic rings. The fourth-order valence-electron chi connectivity index (χ4n) is 1.99. The van der Waals surface area contributed by atoms with Crippen LogP contribution in [0.3, 0.4) is 0 Å². The van der Waals surface area contributed by atoms with Crippen LogP contribution in [0.5, 0.6) is 0 Å². The fourth-order valence-corrected chi connectivity index (χ4v) is 3.03. The van der Waals surface area contributed by atoms with E-state index in [-0.39, 0.29) is 22.7 Å². The van der Waals surface area contributed by atoms with Crippen LogP contribution >= 0.6 is 0 Å². The molecule has 2 aromatic carbocycles. The van der Waals surface area contributed by atoms with Gasteiger partial charge in [0.25, 0.3) is 5.91 Å². The molecular weight excluding hydrogens is 353 g/mol. The molecule has 0 aliphatic heterocycles. The summed E-state index contributed by atoms with van der Waals surface area (Å²) in [6.07, 6.45) is 0. The van der Waals surface area contributed by atoms with Gasteiger partial charge in [-0.05, 0) is 36.4 Å². The number of rotatable bonds is 6. The summed E-state index contributed by atoms with van der Waals surface area (Å²) in [5.41, 5.74) is -0.574. The predicted octanol–water partition coefficient (Wildman–Crippen LogP) is 2.28. The van der Waals surface area contributed by atoms with Gasteiger partial charge in [0.2, 0.25) is 15.8 Å². The summed E-state index contributed by atoms with van der Waals surface area (Å²) in [7, 11) is -3.63. The van der Waals surface area contributed by atoms with Gasteiger partial charge in [0, 0.05) is 23.9 Å². The number of carbonyl (C=O) groups excluding carboxylic acids is 1. The molecule has 0 radical (unpaired) electrons. The van der Waals surface area contributed by atoms with Crippen molar-refractivity contribution in [2.24, 2.45) is 0 Å². The Labute approximate surface area is 142 Å². The zero-order valence-corrected chi connectivity index (χ0v) is 13.8. The minimum atomic E-state index is -3.63. The van der Waals surface area contributed by atoms with Crippen molar-refractivity contribution in [2.45, 2.75) is 11.8 Å². The zero-order chi connectivity index (χ0) is 18.6. The summed E-state index contributed by atoms with van der Waals surface area (Å²) in [5, 5.41) is 13.1. The standard InChI is InChI=1S/C15H14FN3O5S/c1-2-17-25(23,24)12-6-3-10(4-7-12)15(20)18-11-5-8-13(16)14(9-11)19(21)22/h3-9,17H,2H2,1H3,(H,18,20). The molecule has 1 amide bonds. The summed E-state index contributed by atoms with van der Waals surface area (Å²) in [4.78, 5) is 21.9. The molecule has 0 saturated carbocycles. The van der Waals surface area contributed by atoms with Gasteiger partial charge in [-0.1, -0.05) is 6.92 Å². The molecule has 0 fully saturated rings. The normalized spacial score (nSPS) is 11.1. The summed E-state index contributed by atoms with van der Waals surface area (Å²) >= 11 is 0. The Bertz CT molecular complexity index is 913. The molecule has 0 spiro atoms. The molecule has 0 atom stereocenters. The minimum Gasteiger partial charge on any atom is -0.322 e. The van der Waals surface area contributed by atoms with E-state index in [0.717, 1.165) is 12.1 Å². The highest BCUT2D eigenvalue weighted by molar-refractivity contribution is 7.89. The van der Waals surface area contributed by atoms with Gasteiger partial charge >= 0.3 is 5.69 Å². The topological polar surface area (TPSA) is 118 Å². The number of halogens is 1. The molecule has 0 bridgehead atoms. The Morgan fingerprint density at radius 2 is 1.84 bits per heavy atom. The quantitative estimate of drug-likeness (QED) is 0.600. The molecule has 25 heavy (non-hydrogen) atoms. The first-order chi connectivity index (χ1) is 11.7. The van der Waals surface area contributed by atoms with E-state index in [9.17, 15) is 27.7 Å². The Morgan fingerprint density at radius 1 is 1.20 bits per heavy atom. The predicted molar refractivity (Wildman–Crippen MR) is 88.3 cm³/mol. The molecule has 2 N–H and O–H groups in total. The number of nitro groups is 1. The molecule has 0 aliphatic rings. The maximum Gasteiger partial charge on any atom is 0.306 e. The SMILES string of the molecule is CCNS(=O)(=O)c1ccc(C(=O)Nc2ccc(F)c([N+](=O)[O-])c2)cc1. The monoisotopic (exact) mass is 367 g/mol. The Hall–Kier alpha value is -2.85. The van der Waals surface area contributed by atoms with E-state index in [1.807, 2.05) is 0 Å². The van der Waals surface area contributed by atoms with Crippen LogP contribution in [0.2, 0.25) is 0 Å². The largest absolute Gasteiger partial charge is 0.322 e. The van der Waals surface area contributed by atoms with Crippen LogP contribution in [-0.4, -0.2) is 25.8 Å². The molecule has 0 aromatic heterocycles. The number of nitro benzene ring substituents is 1. The average molecular weight is 367 g/mol. The van der Waals surface area contributed by atoms with Crippen molar-refractivity contribution in [2.75, 3.05) is 11.9 Å². The van der Waals surface area contributed by atoms with E-state index in [4.69, 9.17) is 0 Å². The molecule has 0 heterocycles. The molecule has 0 aliphatic carbocycles.